The zero-order valence-electron chi connectivity index (χ0n) is 12.4. The number of hydrogen-bond donors (Lipinski definition) is 0. The van der Waals surface area contributed by atoms with Crippen LogP contribution < -0.4 is 4.52 Å². The Morgan fingerprint density at radius 1 is 1.29 bits per heavy atom. The number of hydrogen-bond acceptors (Lipinski definition) is 3. The first kappa shape index (κ1) is 17.0. The van der Waals surface area contributed by atoms with Gasteiger partial charge >= 0.3 is 7.75 Å². The third kappa shape index (κ3) is 5.10. The predicted octanol–water partition coefficient (Wildman–Crippen LogP) is 4.71. The molecule has 0 saturated heterocycles. The third-order valence-electron chi connectivity index (χ3n) is 3.74. The van der Waals surface area contributed by atoms with Crippen LogP contribution in [0, 0.1) is 5.92 Å². The fourth-order valence-corrected chi connectivity index (χ4v) is 4.76. The van der Waals surface area contributed by atoms with Gasteiger partial charge in [0.25, 0.3) is 0 Å². The van der Waals surface area contributed by atoms with E-state index in [4.69, 9.17) is 9.05 Å². The van der Waals surface area contributed by atoms with Gasteiger partial charge in [-0.1, -0.05) is 47.0 Å². The monoisotopic (exact) mass is 375 g/mol. The quantitative estimate of drug-likeness (QED) is 0.487. The fourth-order valence-electron chi connectivity index (χ4n) is 2.43. The Hall–Kier alpha value is -0.350. The molecule has 1 atom stereocenters. The lowest BCUT2D eigenvalue weighted by molar-refractivity contribution is 0.189. The largest absolute Gasteiger partial charge is 0.461 e. The molecule has 0 heterocycles. The summed E-state index contributed by atoms with van der Waals surface area (Å²) in [6.07, 6.45) is 4.81. The molecule has 2 rings (SSSR count). The van der Waals surface area contributed by atoms with Crippen LogP contribution in [0.3, 0.4) is 0 Å². The van der Waals surface area contributed by atoms with E-state index in [1.807, 2.05) is 18.2 Å². The standard InChI is InChI=1S/C15H23BrNO3P/c1-17(12-11-16)21(18,19-13-14-7-5-6-8-14)20-15-9-3-2-4-10-15/h2-4,9-10,14H,5-8,11-13H2,1H3/t21-/m1/s1. The van der Waals surface area contributed by atoms with Crippen LogP contribution in [0.4, 0.5) is 0 Å². The number of nitrogens with zero attached hydrogens (tertiary/aromatic N) is 1. The molecule has 0 aromatic heterocycles. The first-order chi connectivity index (χ1) is 10.1. The molecule has 1 aromatic rings. The van der Waals surface area contributed by atoms with Gasteiger partial charge in [0.05, 0.1) is 6.61 Å². The van der Waals surface area contributed by atoms with Gasteiger partial charge in [-0.3, -0.25) is 4.52 Å². The molecule has 1 saturated carbocycles. The average molecular weight is 376 g/mol. The first-order valence-corrected chi connectivity index (χ1v) is 10.0. The minimum atomic E-state index is -3.30. The summed E-state index contributed by atoms with van der Waals surface area (Å²) in [6.45, 7) is 1.12. The van der Waals surface area contributed by atoms with Crippen molar-refractivity contribution in [2.75, 3.05) is 25.5 Å². The molecule has 1 fully saturated rings. The zero-order valence-corrected chi connectivity index (χ0v) is 14.9. The van der Waals surface area contributed by atoms with Gasteiger partial charge in [-0.05, 0) is 37.9 Å². The summed E-state index contributed by atoms with van der Waals surface area (Å²) in [5.74, 6) is 1.09. The lowest BCUT2D eigenvalue weighted by Crippen LogP contribution is -2.23. The maximum atomic E-state index is 13.1. The summed E-state index contributed by atoms with van der Waals surface area (Å²) in [6, 6.07) is 9.22. The Balaban J connectivity index is 2.03. The molecule has 1 aliphatic carbocycles. The molecule has 118 valence electrons. The summed E-state index contributed by atoms with van der Waals surface area (Å²) in [5, 5.41) is 0.721. The average Bonchev–Trinajstić information content (AvgIpc) is 3.00. The summed E-state index contributed by atoms with van der Waals surface area (Å²) in [4.78, 5) is 0. The molecule has 1 aliphatic rings. The highest BCUT2D eigenvalue weighted by Crippen LogP contribution is 2.51. The van der Waals surface area contributed by atoms with E-state index < -0.39 is 7.75 Å². The fraction of sp³-hybridized carbons (Fsp3) is 0.600. The molecular weight excluding hydrogens is 353 g/mol. The zero-order chi connectivity index (χ0) is 15.1. The number of rotatable bonds is 8. The van der Waals surface area contributed by atoms with Gasteiger partial charge in [-0.25, -0.2) is 9.24 Å². The maximum absolute atomic E-state index is 13.1. The highest BCUT2D eigenvalue weighted by Gasteiger charge is 2.33. The van der Waals surface area contributed by atoms with Crippen molar-refractivity contribution in [1.82, 2.24) is 4.67 Å². The molecule has 4 nitrogen and oxygen atoms in total. The molecule has 1 aromatic carbocycles. The summed E-state index contributed by atoms with van der Waals surface area (Å²) >= 11 is 3.37. The van der Waals surface area contributed by atoms with Crippen LogP contribution in [0.1, 0.15) is 25.7 Å². The van der Waals surface area contributed by atoms with Gasteiger partial charge < -0.3 is 4.52 Å². The van der Waals surface area contributed by atoms with Crippen molar-refractivity contribution in [3.05, 3.63) is 30.3 Å². The van der Waals surface area contributed by atoms with Crippen molar-refractivity contribution >= 4 is 23.7 Å². The first-order valence-electron chi connectivity index (χ1n) is 7.41. The number of benzene rings is 1. The third-order valence-corrected chi connectivity index (χ3v) is 6.05. The number of alkyl halides is 1. The smallest absolute Gasteiger partial charge is 0.413 e. The van der Waals surface area contributed by atoms with Crippen LogP contribution in [0.25, 0.3) is 0 Å². The molecule has 0 aliphatic heterocycles. The molecule has 21 heavy (non-hydrogen) atoms. The van der Waals surface area contributed by atoms with Crippen molar-refractivity contribution < 1.29 is 13.6 Å². The summed E-state index contributed by atoms with van der Waals surface area (Å²) in [5.41, 5.74) is 0. The lowest BCUT2D eigenvalue weighted by atomic mass is 10.1. The SMILES string of the molecule is CN(CCBr)[P@@](=O)(OCC1CCCC1)Oc1ccccc1. The van der Waals surface area contributed by atoms with Crippen LogP contribution in [0.5, 0.6) is 5.75 Å². The van der Waals surface area contributed by atoms with Crippen LogP contribution in [-0.2, 0) is 9.09 Å². The van der Waals surface area contributed by atoms with Crippen LogP contribution >= 0.6 is 23.7 Å². The highest BCUT2D eigenvalue weighted by molar-refractivity contribution is 9.09. The topological polar surface area (TPSA) is 38.8 Å². The van der Waals surface area contributed by atoms with Crippen LogP contribution in [-0.4, -0.2) is 30.2 Å². The number of para-hydroxylation sites is 1. The Morgan fingerprint density at radius 2 is 1.95 bits per heavy atom. The predicted molar refractivity (Wildman–Crippen MR) is 89.0 cm³/mol. The van der Waals surface area contributed by atoms with Gasteiger partial charge in [0.1, 0.15) is 5.75 Å². The molecular formula is C15H23BrNO3P. The van der Waals surface area contributed by atoms with Crippen molar-refractivity contribution in [3.8, 4) is 5.75 Å². The maximum Gasteiger partial charge on any atom is 0.461 e. The molecule has 6 heteroatoms. The van der Waals surface area contributed by atoms with E-state index in [1.54, 1.807) is 23.9 Å². The molecule has 0 radical (unpaired) electrons. The van der Waals surface area contributed by atoms with Crippen molar-refractivity contribution in [3.63, 3.8) is 0 Å². The van der Waals surface area contributed by atoms with Crippen molar-refractivity contribution in [2.24, 2.45) is 5.92 Å². The van der Waals surface area contributed by atoms with E-state index in [0.29, 0.717) is 24.8 Å². The van der Waals surface area contributed by atoms with Crippen molar-refractivity contribution in [1.29, 1.82) is 0 Å². The lowest BCUT2D eigenvalue weighted by Gasteiger charge is -2.27. The van der Waals surface area contributed by atoms with Crippen molar-refractivity contribution in [2.45, 2.75) is 25.7 Å². The van der Waals surface area contributed by atoms with E-state index in [2.05, 4.69) is 15.9 Å². The Kier molecular flexibility index (Phi) is 6.74. The molecule has 0 bridgehead atoms. The Morgan fingerprint density at radius 3 is 2.57 bits per heavy atom. The van der Waals surface area contributed by atoms with Gasteiger partial charge in [0.2, 0.25) is 0 Å². The molecule has 0 amide bonds. The van der Waals surface area contributed by atoms with Gasteiger partial charge in [-0.15, -0.1) is 0 Å². The molecule has 0 unspecified atom stereocenters. The minimum Gasteiger partial charge on any atom is -0.413 e. The van der Waals surface area contributed by atoms with Crippen LogP contribution in [0.15, 0.2) is 30.3 Å². The van der Waals surface area contributed by atoms with E-state index in [-0.39, 0.29) is 0 Å². The molecule has 0 N–H and O–H groups in total. The van der Waals surface area contributed by atoms with Gasteiger partial charge in [0.15, 0.2) is 0 Å². The van der Waals surface area contributed by atoms with Crippen LogP contribution in [0.2, 0.25) is 0 Å². The second kappa shape index (κ2) is 8.33. The number of halogens is 1. The molecule has 0 spiro atoms. The van der Waals surface area contributed by atoms with E-state index in [0.717, 1.165) is 18.2 Å². The van der Waals surface area contributed by atoms with Gasteiger partial charge in [0, 0.05) is 11.9 Å². The Labute approximate surface area is 135 Å². The summed E-state index contributed by atoms with van der Waals surface area (Å²) < 4.78 is 26.2. The highest BCUT2D eigenvalue weighted by atomic mass is 79.9. The second-order valence-electron chi connectivity index (χ2n) is 5.39. The minimum absolute atomic E-state index is 0.509. The normalized spacial score (nSPS) is 18.8. The summed E-state index contributed by atoms with van der Waals surface area (Å²) in [7, 11) is -1.52. The van der Waals surface area contributed by atoms with E-state index in [1.165, 1.54) is 12.8 Å². The van der Waals surface area contributed by atoms with E-state index in [9.17, 15) is 4.57 Å². The van der Waals surface area contributed by atoms with Gasteiger partial charge in [-0.2, -0.15) is 0 Å². The second-order valence-corrected chi connectivity index (χ2v) is 8.24. The van der Waals surface area contributed by atoms with E-state index >= 15 is 0 Å². The Bertz CT molecular complexity index is 465.